The molecule has 2 amide bonds. The first kappa shape index (κ1) is 16.7. The van der Waals surface area contributed by atoms with E-state index in [0.717, 1.165) is 15.7 Å². The smallest absolute Gasteiger partial charge is 0.261 e. The molecule has 22 heavy (non-hydrogen) atoms. The molecule has 0 spiro atoms. The van der Waals surface area contributed by atoms with Crippen molar-refractivity contribution in [2.24, 2.45) is 0 Å². The summed E-state index contributed by atoms with van der Waals surface area (Å²) >= 11 is 4.82. The molecule has 0 aliphatic rings. The lowest BCUT2D eigenvalue weighted by Gasteiger charge is -2.23. The minimum Gasteiger partial charge on any atom is -0.350 e. The van der Waals surface area contributed by atoms with E-state index in [2.05, 4.69) is 21.2 Å². The van der Waals surface area contributed by atoms with Crippen LogP contribution < -0.4 is 10.2 Å². The second kappa shape index (κ2) is 7.56. The Hall–Kier alpha value is -1.66. The number of amides is 2. The standard InChI is InChI=1S/C16H17BrN2O2S/c1-11-10-13(17)5-6-14(11)19(12(2)20)8-7-18-16(21)15-4-3-9-22-15/h3-6,9-10H,7-8H2,1-2H3,(H,18,21). The third-order valence-electron chi connectivity index (χ3n) is 3.20. The molecule has 0 aliphatic carbocycles. The second-order valence-corrected chi connectivity index (χ2v) is 6.70. The highest BCUT2D eigenvalue weighted by molar-refractivity contribution is 9.10. The Morgan fingerprint density at radius 2 is 2.09 bits per heavy atom. The van der Waals surface area contributed by atoms with Gasteiger partial charge in [0.05, 0.1) is 4.88 Å². The molecule has 1 N–H and O–H groups in total. The highest BCUT2D eigenvalue weighted by Gasteiger charge is 2.14. The van der Waals surface area contributed by atoms with E-state index in [4.69, 9.17) is 0 Å². The predicted molar refractivity (Wildman–Crippen MR) is 93.6 cm³/mol. The predicted octanol–water partition coefficient (Wildman–Crippen LogP) is 3.60. The van der Waals surface area contributed by atoms with Crippen LogP contribution in [0, 0.1) is 6.92 Å². The van der Waals surface area contributed by atoms with Gasteiger partial charge in [-0.15, -0.1) is 11.3 Å². The molecular weight excluding hydrogens is 364 g/mol. The van der Waals surface area contributed by atoms with Gasteiger partial charge in [0, 0.05) is 30.2 Å². The van der Waals surface area contributed by atoms with Crippen molar-refractivity contribution in [3.63, 3.8) is 0 Å². The zero-order valence-electron chi connectivity index (χ0n) is 12.4. The van der Waals surface area contributed by atoms with Crippen molar-refractivity contribution in [2.45, 2.75) is 13.8 Å². The fourth-order valence-corrected chi connectivity index (χ4v) is 3.26. The Balaban J connectivity index is 2.01. The summed E-state index contributed by atoms with van der Waals surface area (Å²) in [7, 11) is 0. The first-order chi connectivity index (χ1) is 10.5. The minimum absolute atomic E-state index is 0.0456. The maximum absolute atomic E-state index is 11.9. The average Bonchev–Trinajstić information content (AvgIpc) is 2.98. The summed E-state index contributed by atoms with van der Waals surface area (Å²) in [5.74, 6) is -0.151. The fourth-order valence-electron chi connectivity index (χ4n) is 2.15. The van der Waals surface area contributed by atoms with Crippen molar-refractivity contribution in [3.8, 4) is 0 Å². The van der Waals surface area contributed by atoms with Gasteiger partial charge in [-0.2, -0.15) is 0 Å². The third-order valence-corrected chi connectivity index (χ3v) is 4.56. The number of thiophene rings is 1. The maximum Gasteiger partial charge on any atom is 0.261 e. The lowest BCUT2D eigenvalue weighted by Crippen LogP contribution is -2.37. The molecule has 0 saturated carbocycles. The average molecular weight is 381 g/mol. The Morgan fingerprint density at radius 1 is 1.32 bits per heavy atom. The SMILES string of the molecule is CC(=O)N(CCNC(=O)c1cccs1)c1ccc(Br)cc1C. The highest BCUT2D eigenvalue weighted by atomic mass is 79.9. The minimum atomic E-state index is -0.106. The Morgan fingerprint density at radius 3 is 2.68 bits per heavy atom. The van der Waals surface area contributed by atoms with E-state index in [1.165, 1.54) is 18.3 Å². The fraction of sp³-hybridized carbons (Fsp3) is 0.250. The molecular formula is C16H17BrN2O2S. The zero-order chi connectivity index (χ0) is 16.1. The largest absolute Gasteiger partial charge is 0.350 e. The topological polar surface area (TPSA) is 49.4 Å². The lowest BCUT2D eigenvalue weighted by molar-refractivity contribution is -0.116. The monoisotopic (exact) mass is 380 g/mol. The highest BCUT2D eigenvalue weighted by Crippen LogP contribution is 2.23. The summed E-state index contributed by atoms with van der Waals surface area (Å²) in [6.07, 6.45) is 0. The molecule has 0 saturated heterocycles. The maximum atomic E-state index is 11.9. The van der Waals surface area contributed by atoms with Gasteiger partial charge in [0.25, 0.3) is 5.91 Å². The lowest BCUT2D eigenvalue weighted by atomic mass is 10.2. The van der Waals surface area contributed by atoms with E-state index in [1.54, 1.807) is 11.0 Å². The van der Waals surface area contributed by atoms with Crippen LogP contribution in [0.25, 0.3) is 0 Å². The number of carbonyl (C=O) groups is 2. The molecule has 0 fully saturated rings. The molecule has 1 aromatic carbocycles. The Bertz CT molecular complexity index is 671. The van der Waals surface area contributed by atoms with Gasteiger partial charge in [-0.3, -0.25) is 9.59 Å². The van der Waals surface area contributed by atoms with E-state index in [9.17, 15) is 9.59 Å². The van der Waals surface area contributed by atoms with Crippen LogP contribution in [0.3, 0.4) is 0 Å². The molecule has 0 bridgehead atoms. The van der Waals surface area contributed by atoms with Crippen LogP contribution in [0.15, 0.2) is 40.2 Å². The number of halogens is 1. The molecule has 0 radical (unpaired) electrons. The molecule has 116 valence electrons. The number of nitrogens with one attached hydrogen (secondary N) is 1. The molecule has 4 nitrogen and oxygen atoms in total. The molecule has 2 rings (SSSR count). The second-order valence-electron chi connectivity index (χ2n) is 4.83. The number of anilines is 1. The molecule has 1 aromatic heterocycles. The van der Waals surface area contributed by atoms with Gasteiger partial charge in [-0.25, -0.2) is 0 Å². The number of aryl methyl sites for hydroxylation is 1. The van der Waals surface area contributed by atoms with Gasteiger partial charge < -0.3 is 10.2 Å². The van der Waals surface area contributed by atoms with Crippen molar-refractivity contribution in [2.75, 3.05) is 18.0 Å². The Kier molecular flexibility index (Phi) is 5.74. The molecule has 0 atom stereocenters. The molecule has 0 unspecified atom stereocenters. The van der Waals surface area contributed by atoms with Crippen molar-refractivity contribution >= 4 is 44.8 Å². The number of nitrogens with zero attached hydrogens (tertiary/aromatic N) is 1. The molecule has 2 aromatic rings. The van der Waals surface area contributed by atoms with Crippen LogP contribution in [0.2, 0.25) is 0 Å². The Labute approximate surface area is 142 Å². The van der Waals surface area contributed by atoms with Gasteiger partial charge in [0.1, 0.15) is 0 Å². The molecule has 1 heterocycles. The first-order valence-electron chi connectivity index (χ1n) is 6.85. The van der Waals surface area contributed by atoms with Crippen LogP contribution in [-0.2, 0) is 4.79 Å². The number of hydrogen-bond acceptors (Lipinski definition) is 3. The molecule has 0 aliphatic heterocycles. The van der Waals surface area contributed by atoms with Crippen LogP contribution in [0.1, 0.15) is 22.2 Å². The van der Waals surface area contributed by atoms with E-state index in [0.29, 0.717) is 18.0 Å². The van der Waals surface area contributed by atoms with Crippen LogP contribution in [0.4, 0.5) is 5.69 Å². The summed E-state index contributed by atoms with van der Waals surface area (Å²) in [6, 6.07) is 9.40. The third kappa shape index (κ3) is 4.18. The summed E-state index contributed by atoms with van der Waals surface area (Å²) in [5, 5.41) is 4.70. The van der Waals surface area contributed by atoms with Crippen LogP contribution in [0.5, 0.6) is 0 Å². The summed E-state index contributed by atoms with van der Waals surface area (Å²) < 4.78 is 0.975. The normalized spacial score (nSPS) is 10.3. The van der Waals surface area contributed by atoms with Crippen LogP contribution >= 0.6 is 27.3 Å². The van der Waals surface area contributed by atoms with E-state index >= 15 is 0 Å². The van der Waals surface area contributed by atoms with Gasteiger partial charge in [-0.1, -0.05) is 22.0 Å². The van der Waals surface area contributed by atoms with E-state index < -0.39 is 0 Å². The number of hydrogen-bond donors (Lipinski definition) is 1. The van der Waals surface area contributed by atoms with Crippen LogP contribution in [-0.4, -0.2) is 24.9 Å². The number of carbonyl (C=O) groups excluding carboxylic acids is 2. The van der Waals surface area contributed by atoms with E-state index in [1.807, 2.05) is 36.6 Å². The van der Waals surface area contributed by atoms with Crippen molar-refractivity contribution < 1.29 is 9.59 Å². The van der Waals surface area contributed by atoms with Gasteiger partial charge >= 0.3 is 0 Å². The van der Waals surface area contributed by atoms with Crippen molar-refractivity contribution in [1.29, 1.82) is 0 Å². The molecule has 6 heteroatoms. The van der Waals surface area contributed by atoms with Crippen molar-refractivity contribution in [1.82, 2.24) is 5.32 Å². The zero-order valence-corrected chi connectivity index (χ0v) is 14.8. The van der Waals surface area contributed by atoms with Gasteiger partial charge in [-0.05, 0) is 42.1 Å². The quantitative estimate of drug-likeness (QED) is 0.861. The first-order valence-corrected chi connectivity index (χ1v) is 8.52. The van der Waals surface area contributed by atoms with Crippen molar-refractivity contribution in [3.05, 3.63) is 50.6 Å². The summed E-state index contributed by atoms with van der Waals surface area (Å²) in [4.78, 5) is 26.1. The van der Waals surface area contributed by atoms with Gasteiger partial charge in [0.15, 0.2) is 0 Å². The van der Waals surface area contributed by atoms with Gasteiger partial charge in [0.2, 0.25) is 5.91 Å². The number of rotatable bonds is 5. The number of benzene rings is 1. The van der Waals surface area contributed by atoms with E-state index in [-0.39, 0.29) is 11.8 Å². The summed E-state index contributed by atoms with van der Waals surface area (Å²) in [5.41, 5.74) is 1.87. The summed E-state index contributed by atoms with van der Waals surface area (Å²) in [6.45, 7) is 4.34.